The Hall–Kier alpha value is -3.45. The second-order valence-electron chi connectivity index (χ2n) is 7.71. The van der Waals surface area contributed by atoms with Gasteiger partial charge in [0.1, 0.15) is 12.4 Å². The molecule has 3 aromatic rings. The number of anilines is 1. The molecule has 0 fully saturated rings. The number of nitrogens with zero attached hydrogens (tertiary/aromatic N) is 3. The van der Waals surface area contributed by atoms with E-state index in [4.69, 9.17) is 9.84 Å². The van der Waals surface area contributed by atoms with Gasteiger partial charge in [-0.25, -0.2) is 0 Å². The molecule has 1 atom stereocenters. The number of amides is 1. The number of hydrogen-bond donors (Lipinski definition) is 0. The summed E-state index contributed by atoms with van der Waals surface area (Å²) >= 11 is 3.44. The van der Waals surface area contributed by atoms with Gasteiger partial charge in [0.2, 0.25) is 0 Å². The Balaban J connectivity index is 1.50. The van der Waals surface area contributed by atoms with E-state index in [1.54, 1.807) is 25.3 Å². The van der Waals surface area contributed by atoms with Gasteiger partial charge in [-0.05, 0) is 53.6 Å². The number of methoxy groups -OCH3 is 1. The van der Waals surface area contributed by atoms with E-state index in [-0.39, 0.29) is 12.7 Å². The number of ketones is 1. The van der Waals surface area contributed by atoms with Crippen LogP contribution < -0.4 is 9.64 Å². The highest BCUT2D eigenvalue weighted by molar-refractivity contribution is 9.10. The van der Waals surface area contributed by atoms with Crippen molar-refractivity contribution in [3.63, 3.8) is 0 Å². The Labute approximate surface area is 194 Å². The third-order valence-corrected chi connectivity index (χ3v) is 6.32. The van der Waals surface area contributed by atoms with Crippen molar-refractivity contribution in [3.8, 4) is 5.75 Å². The molecule has 1 amide bonds. The lowest BCUT2D eigenvalue weighted by Gasteiger charge is -2.28. The number of fused-ring (bicyclic) bond motifs is 1. The van der Waals surface area contributed by atoms with Gasteiger partial charge in [-0.15, -0.1) is 0 Å². The number of ether oxygens (including phenoxy) is 1. The van der Waals surface area contributed by atoms with Crippen LogP contribution in [-0.2, 0) is 4.79 Å². The summed E-state index contributed by atoms with van der Waals surface area (Å²) in [5, 5.41) is 6.78. The van der Waals surface area contributed by atoms with Crippen LogP contribution in [0.1, 0.15) is 33.9 Å². The predicted octanol–water partition coefficient (Wildman–Crippen LogP) is 4.80. The smallest absolute Gasteiger partial charge is 0.301 e. The number of Topliss-reactive ketones (excluding diaryl/α,β-unsaturated/α-hetero) is 1. The zero-order valence-corrected chi connectivity index (χ0v) is 19.0. The molecule has 0 spiro atoms. The molecule has 0 bridgehead atoms. The van der Waals surface area contributed by atoms with E-state index in [0.717, 1.165) is 27.1 Å². The van der Waals surface area contributed by atoms with Crippen molar-refractivity contribution in [1.29, 1.82) is 0 Å². The molecule has 160 valence electrons. The zero-order chi connectivity index (χ0) is 22.2. The number of halogens is 1. The lowest BCUT2D eigenvalue weighted by Crippen LogP contribution is -2.39. The molecule has 32 heavy (non-hydrogen) atoms. The number of carbonyl (C=O) groups excluding carboxylic acids is 2. The number of hydrazone groups is 1. The third-order valence-electron chi connectivity index (χ3n) is 5.82. The summed E-state index contributed by atoms with van der Waals surface area (Å²) in [5.41, 5.74) is 4.06. The number of benzene rings is 3. The molecule has 6 nitrogen and oxygen atoms in total. The van der Waals surface area contributed by atoms with Crippen molar-refractivity contribution in [1.82, 2.24) is 5.01 Å². The highest BCUT2D eigenvalue weighted by atomic mass is 79.9. The number of hydrogen-bond acceptors (Lipinski definition) is 5. The van der Waals surface area contributed by atoms with Gasteiger partial charge in [0.25, 0.3) is 5.78 Å². The van der Waals surface area contributed by atoms with Crippen LogP contribution in [0.25, 0.3) is 0 Å². The van der Waals surface area contributed by atoms with Crippen LogP contribution in [-0.4, -0.2) is 36.2 Å². The van der Waals surface area contributed by atoms with E-state index in [9.17, 15) is 9.59 Å². The van der Waals surface area contributed by atoms with Crippen molar-refractivity contribution in [2.45, 2.75) is 12.5 Å². The summed E-state index contributed by atoms with van der Waals surface area (Å²) in [4.78, 5) is 26.8. The third kappa shape index (κ3) is 3.58. The Bertz CT molecular complexity index is 1220. The maximum Gasteiger partial charge on any atom is 0.301 e. The first-order valence-corrected chi connectivity index (χ1v) is 11.0. The topological polar surface area (TPSA) is 62.2 Å². The van der Waals surface area contributed by atoms with Crippen LogP contribution in [0.2, 0.25) is 0 Å². The van der Waals surface area contributed by atoms with Crippen molar-refractivity contribution in [2.75, 3.05) is 18.7 Å². The lowest BCUT2D eigenvalue weighted by molar-refractivity contribution is -0.114. The Morgan fingerprint density at radius 3 is 2.50 bits per heavy atom. The van der Waals surface area contributed by atoms with Gasteiger partial charge in [0, 0.05) is 10.9 Å². The fraction of sp³-hybridized carbons (Fsp3) is 0.160. The van der Waals surface area contributed by atoms with Gasteiger partial charge in [-0.3, -0.25) is 19.5 Å². The lowest BCUT2D eigenvalue weighted by atomic mass is 9.98. The van der Waals surface area contributed by atoms with Crippen LogP contribution in [0.4, 0.5) is 5.69 Å². The van der Waals surface area contributed by atoms with Crippen LogP contribution in [0.5, 0.6) is 5.75 Å². The van der Waals surface area contributed by atoms with E-state index >= 15 is 0 Å². The summed E-state index contributed by atoms with van der Waals surface area (Å²) < 4.78 is 6.08. The second-order valence-corrected chi connectivity index (χ2v) is 8.63. The fourth-order valence-electron chi connectivity index (χ4n) is 4.16. The first-order valence-electron chi connectivity index (χ1n) is 10.2. The van der Waals surface area contributed by atoms with Gasteiger partial charge in [-0.2, -0.15) is 5.10 Å². The van der Waals surface area contributed by atoms with Gasteiger partial charge in [-0.1, -0.05) is 46.3 Å². The van der Waals surface area contributed by atoms with E-state index in [2.05, 4.69) is 28.1 Å². The van der Waals surface area contributed by atoms with Crippen LogP contribution in [0, 0.1) is 0 Å². The predicted molar refractivity (Wildman–Crippen MR) is 126 cm³/mol. The van der Waals surface area contributed by atoms with Gasteiger partial charge < -0.3 is 4.74 Å². The maximum absolute atomic E-state index is 12.8. The van der Waals surface area contributed by atoms with Gasteiger partial charge >= 0.3 is 5.91 Å². The van der Waals surface area contributed by atoms with E-state index in [0.29, 0.717) is 17.7 Å². The van der Waals surface area contributed by atoms with E-state index in [1.165, 1.54) is 4.90 Å². The Morgan fingerprint density at radius 1 is 1.03 bits per heavy atom. The summed E-state index contributed by atoms with van der Waals surface area (Å²) in [6, 6.07) is 23.1. The standard InChI is InChI=1S/C25H20BrN3O3/c1-32-19-10-7-16(8-11-19)21-14-22(17-5-3-2-4-6-17)29(27-21)15-28-23-13-18(26)9-12-20(23)24(30)25(28)31/h2-13,22H,14-15H2,1H3/t22-/m0/s1. The quantitative estimate of drug-likeness (QED) is 0.483. The minimum absolute atomic E-state index is 0.0487. The van der Waals surface area contributed by atoms with Crippen molar-refractivity contribution < 1.29 is 14.3 Å². The number of carbonyl (C=O) groups is 2. The van der Waals surface area contributed by atoms with Crippen molar-refractivity contribution in [3.05, 3.63) is 94.0 Å². The molecule has 0 aromatic heterocycles. The van der Waals surface area contributed by atoms with Crippen LogP contribution in [0.15, 0.2) is 82.4 Å². The molecule has 5 rings (SSSR count). The molecular formula is C25H20BrN3O3. The Kier molecular flexibility index (Phi) is 5.27. The Morgan fingerprint density at radius 2 is 1.78 bits per heavy atom. The highest BCUT2D eigenvalue weighted by Crippen LogP contribution is 2.37. The molecule has 7 heteroatoms. The molecule has 2 aliphatic rings. The zero-order valence-electron chi connectivity index (χ0n) is 17.4. The summed E-state index contributed by atoms with van der Waals surface area (Å²) in [6.07, 6.45) is 0.692. The molecule has 3 aromatic carbocycles. The van der Waals surface area contributed by atoms with Crippen LogP contribution >= 0.6 is 15.9 Å². The molecule has 0 saturated heterocycles. The number of rotatable bonds is 5. The largest absolute Gasteiger partial charge is 0.497 e. The first-order chi connectivity index (χ1) is 15.5. The highest BCUT2D eigenvalue weighted by Gasteiger charge is 2.39. The monoisotopic (exact) mass is 489 g/mol. The molecule has 0 unspecified atom stereocenters. The van der Waals surface area contributed by atoms with E-state index < -0.39 is 11.7 Å². The summed E-state index contributed by atoms with van der Waals surface area (Å²) in [7, 11) is 1.64. The van der Waals surface area contributed by atoms with Gasteiger partial charge in [0.05, 0.1) is 30.1 Å². The summed E-state index contributed by atoms with van der Waals surface area (Å²) in [5.74, 6) is -0.229. The maximum atomic E-state index is 12.8. The second kappa shape index (κ2) is 8.24. The molecule has 0 aliphatic carbocycles. The molecule has 0 saturated carbocycles. The molecule has 2 aliphatic heterocycles. The minimum atomic E-state index is -0.530. The van der Waals surface area contributed by atoms with Crippen molar-refractivity contribution in [2.24, 2.45) is 5.10 Å². The fourth-order valence-corrected chi connectivity index (χ4v) is 4.51. The minimum Gasteiger partial charge on any atom is -0.497 e. The van der Waals surface area contributed by atoms with Gasteiger partial charge in [0.15, 0.2) is 0 Å². The van der Waals surface area contributed by atoms with Crippen LogP contribution in [0.3, 0.4) is 0 Å². The average Bonchev–Trinajstić information content (AvgIpc) is 3.35. The molecule has 2 heterocycles. The van der Waals surface area contributed by atoms with Crippen molar-refractivity contribution >= 4 is 39.0 Å². The molecule has 0 N–H and O–H groups in total. The SMILES string of the molecule is COc1ccc(C2=NN(CN3C(=O)C(=O)c4ccc(Br)cc43)[C@H](c3ccccc3)C2)cc1. The van der Waals surface area contributed by atoms with E-state index in [1.807, 2.05) is 47.5 Å². The first kappa shape index (κ1) is 20.5. The molecule has 0 radical (unpaired) electrons. The molecular weight excluding hydrogens is 470 g/mol. The summed E-state index contributed by atoms with van der Waals surface area (Å²) in [6.45, 7) is 0.188. The average molecular weight is 490 g/mol. The normalized spacial score (nSPS) is 17.6.